The van der Waals surface area contributed by atoms with Crippen molar-refractivity contribution < 1.29 is 8.78 Å². The molecule has 0 saturated heterocycles. The molecule has 3 aromatic rings. The second-order valence-electron chi connectivity index (χ2n) is 8.62. The third-order valence-corrected chi connectivity index (χ3v) is 6.62. The largest absolute Gasteiger partial charge is 0.204 e. The van der Waals surface area contributed by atoms with Crippen LogP contribution in [-0.2, 0) is 6.42 Å². The first-order valence-corrected chi connectivity index (χ1v) is 11.1. The van der Waals surface area contributed by atoms with Crippen molar-refractivity contribution in [1.29, 1.82) is 0 Å². The van der Waals surface area contributed by atoms with Crippen molar-refractivity contribution >= 4 is 10.8 Å². The van der Waals surface area contributed by atoms with E-state index in [1.807, 2.05) is 12.1 Å². The van der Waals surface area contributed by atoms with E-state index < -0.39 is 11.6 Å². The van der Waals surface area contributed by atoms with Crippen LogP contribution < -0.4 is 0 Å². The van der Waals surface area contributed by atoms with E-state index in [2.05, 4.69) is 37.3 Å². The summed E-state index contributed by atoms with van der Waals surface area (Å²) in [5.41, 5.74) is 4.18. The van der Waals surface area contributed by atoms with Gasteiger partial charge in [0.15, 0.2) is 11.6 Å². The summed E-state index contributed by atoms with van der Waals surface area (Å²) in [6, 6.07) is 18.0. The average molecular weight is 393 g/mol. The predicted molar refractivity (Wildman–Crippen MR) is 117 cm³/mol. The lowest BCUT2D eigenvalue weighted by Gasteiger charge is -2.29. The molecule has 0 aromatic heterocycles. The zero-order valence-electron chi connectivity index (χ0n) is 17.3. The van der Waals surface area contributed by atoms with E-state index >= 15 is 0 Å². The molecular weight excluding hydrogens is 362 g/mol. The highest BCUT2D eigenvalue weighted by Gasteiger charge is 2.23. The summed E-state index contributed by atoms with van der Waals surface area (Å²) in [5.74, 6) is -0.390. The summed E-state index contributed by atoms with van der Waals surface area (Å²) in [6.07, 6.45) is 9.73. The van der Waals surface area contributed by atoms with Crippen LogP contribution in [0.2, 0.25) is 0 Å². The number of benzene rings is 3. The molecule has 2 heteroatoms. The van der Waals surface area contributed by atoms with Gasteiger partial charge in [-0.1, -0.05) is 62.2 Å². The highest BCUT2D eigenvalue weighted by atomic mass is 19.2. The first kappa shape index (κ1) is 20.1. The Bertz CT molecular complexity index is 950. The Morgan fingerprint density at radius 1 is 0.690 bits per heavy atom. The Labute approximate surface area is 173 Å². The van der Waals surface area contributed by atoms with Gasteiger partial charge >= 0.3 is 0 Å². The fourth-order valence-electron chi connectivity index (χ4n) is 4.81. The topological polar surface area (TPSA) is 0 Å². The molecule has 0 nitrogen and oxygen atoms in total. The summed E-state index contributed by atoms with van der Waals surface area (Å²) in [5, 5.41) is 1.56. The Hall–Kier alpha value is -2.22. The van der Waals surface area contributed by atoms with Crippen molar-refractivity contribution in [2.24, 2.45) is 0 Å². The molecule has 0 aliphatic heterocycles. The molecule has 152 valence electrons. The van der Waals surface area contributed by atoms with E-state index in [1.54, 1.807) is 0 Å². The number of hydrogen-bond acceptors (Lipinski definition) is 0. The van der Waals surface area contributed by atoms with Gasteiger partial charge in [-0.15, -0.1) is 0 Å². The number of aryl methyl sites for hydroxylation is 1. The Balaban J connectivity index is 1.39. The molecule has 1 aliphatic rings. The van der Waals surface area contributed by atoms with Crippen LogP contribution in [0.1, 0.15) is 80.4 Å². The smallest absolute Gasteiger partial charge is 0.159 e. The van der Waals surface area contributed by atoms with Crippen LogP contribution in [0.5, 0.6) is 0 Å². The lowest BCUT2D eigenvalue weighted by atomic mass is 9.76. The normalized spacial score (nSPS) is 19.6. The number of hydrogen-bond donors (Lipinski definition) is 0. The molecule has 1 fully saturated rings. The molecule has 4 rings (SSSR count). The molecule has 0 spiro atoms. The van der Waals surface area contributed by atoms with Crippen LogP contribution in [-0.4, -0.2) is 0 Å². The third kappa shape index (κ3) is 4.69. The minimum atomic E-state index is -0.776. The maximum Gasteiger partial charge on any atom is 0.159 e. The van der Waals surface area contributed by atoms with Gasteiger partial charge in [0, 0.05) is 0 Å². The molecule has 0 bridgehead atoms. The van der Waals surface area contributed by atoms with E-state index in [9.17, 15) is 8.78 Å². The average Bonchev–Trinajstić information content (AvgIpc) is 2.75. The van der Waals surface area contributed by atoms with Crippen LogP contribution in [0.3, 0.4) is 0 Å². The Morgan fingerprint density at radius 3 is 1.93 bits per heavy atom. The van der Waals surface area contributed by atoms with E-state index in [-0.39, 0.29) is 0 Å². The van der Waals surface area contributed by atoms with E-state index in [1.165, 1.54) is 67.3 Å². The van der Waals surface area contributed by atoms with E-state index in [4.69, 9.17) is 0 Å². The minimum absolute atomic E-state index is 0.511. The molecule has 3 aromatic carbocycles. The van der Waals surface area contributed by atoms with Gasteiger partial charge in [0.1, 0.15) is 0 Å². The SMILES string of the molecule is CCCCCc1ccc(C2CCC(c3ccc4cc(F)c(F)cc4c3)CC2)cc1. The predicted octanol–water partition coefficient (Wildman–Crippen LogP) is 8.29. The van der Waals surface area contributed by atoms with Crippen LogP contribution in [0, 0.1) is 11.6 Å². The molecule has 0 radical (unpaired) electrons. The summed E-state index contributed by atoms with van der Waals surface area (Å²) >= 11 is 0. The van der Waals surface area contributed by atoms with Gasteiger partial charge in [-0.3, -0.25) is 0 Å². The van der Waals surface area contributed by atoms with Crippen LogP contribution in [0.15, 0.2) is 54.6 Å². The van der Waals surface area contributed by atoms with Gasteiger partial charge in [0.05, 0.1) is 0 Å². The third-order valence-electron chi connectivity index (χ3n) is 6.62. The number of halogens is 2. The van der Waals surface area contributed by atoms with Crippen LogP contribution in [0.25, 0.3) is 10.8 Å². The van der Waals surface area contributed by atoms with Crippen LogP contribution in [0.4, 0.5) is 8.78 Å². The first-order valence-electron chi connectivity index (χ1n) is 11.1. The zero-order chi connectivity index (χ0) is 20.2. The summed E-state index contributed by atoms with van der Waals surface area (Å²) < 4.78 is 27.0. The monoisotopic (exact) mass is 392 g/mol. The molecule has 0 unspecified atom stereocenters. The van der Waals surface area contributed by atoms with E-state index in [0.717, 1.165) is 23.6 Å². The van der Waals surface area contributed by atoms with Gasteiger partial charge < -0.3 is 0 Å². The van der Waals surface area contributed by atoms with Gasteiger partial charge in [0.2, 0.25) is 0 Å². The number of rotatable bonds is 6. The molecule has 0 N–H and O–H groups in total. The van der Waals surface area contributed by atoms with Crippen molar-refractivity contribution in [3.05, 3.63) is 82.9 Å². The standard InChI is InChI=1S/C27H30F2/c1-2-3-4-5-19-6-8-20(9-7-19)21-10-12-22(13-11-21)23-14-15-24-17-26(28)27(29)18-25(24)16-23/h6-9,14-18,21-22H,2-5,10-13H2,1H3. The summed E-state index contributed by atoms with van der Waals surface area (Å²) in [7, 11) is 0. The fourth-order valence-corrected chi connectivity index (χ4v) is 4.81. The molecule has 1 saturated carbocycles. The molecule has 0 heterocycles. The maximum absolute atomic E-state index is 13.6. The Morgan fingerprint density at radius 2 is 1.28 bits per heavy atom. The van der Waals surface area contributed by atoms with Gasteiger partial charge in [-0.05, 0) is 90.0 Å². The molecule has 29 heavy (non-hydrogen) atoms. The second kappa shape index (κ2) is 9.07. The quantitative estimate of drug-likeness (QED) is 0.370. The maximum atomic E-state index is 13.6. The number of unbranched alkanes of at least 4 members (excludes halogenated alkanes) is 2. The molecule has 0 atom stereocenters. The van der Waals surface area contributed by atoms with Gasteiger partial charge in [0.25, 0.3) is 0 Å². The lowest BCUT2D eigenvalue weighted by Crippen LogP contribution is -2.12. The summed E-state index contributed by atoms with van der Waals surface area (Å²) in [4.78, 5) is 0. The molecule has 1 aliphatic carbocycles. The van der Waals surface area contributed by atoms with Crippen LogP contribution >= 0.6 is 0 Å². The van der Waals surface area contributed by atoms with Gasteiger partial charge in [-0.25, -0.2) is 8.78 Å². The highest BCUT2D eigenvalue weighted by Crippen LogP contribution is 2.41. The Kier molecular flexibility index (Phi) is 6.28. The van der Waals surface area contributed by atoms with Crippen molar-refractivity contribution in [2.75, 3.05) is 0 Å². The van der Waals surface area contributed by atoms with E-state index in [0.29, 0.717) is 11.8 Å². The lowest BCUT2D eigenvalue weighted by molar-refractivity contribution is 0.396. The zero-order valence-corrected chi connectivity index (χ0v) is 17.3. The molecule has 0 amide bonds. The summed E-state index contributed by atoms with van der Waals surface area (Å²) in [6.45, 7) is 2.25. The van der Waals surface area contributed by atoms with Crippen molar-refractivity contribution in [2.45, 2.75) is 70.1 Å². The van der Waals surface area contributed by atoms with Gasteiger partial charge in [-0.2, -0.15) is 0 Å². The highest BCUT2D eigenvalue weighted by molar-refractivity contribution is 5.83. The van der Waals surface area contributed by atoms with Crippen molar-refractivity contribution in [3.8, 4) is 0 Å². The number of fused-ring (bicyclic) bond motifs is 1. The minimum Gasteiger partial charge on any atom is -0.204 e. The van der Waals surface area contributed by atoms with Crippen molar-refractivity contribution in [1.82, 2.24) is 0 Å². The molecular formula is C27H30F2. The fraction of sp³-hybridized carbons (Fsp3) is 0.407. The van der Waals surface area contributed by atoms with Crippen molar-refractivity contribution in [3.63, 3.8) is 0 Å². The first-order chi connectivity index (χ1) is 14.1. The second-order valence-corrected chi connectivity index (χ2v) is 8.62.